The molecule has 0 saturated carbocycles. The molecule has 0 bridgehead atoms. The van der Waals surface area contributed by atoms with Gasteiger partial charge in [0.05, 0.1) is 0 Å². The summed E-state index contributed by atoms with van der Waals surface area (Å²) in [5, 5.41) is 3.73. The summed E-state index contributed by atoms with van der Waals surface area (Å²) in [6.07, 6.45) is 5.42. The van der Waals surface area contributed by atoms with Crippen molar-refractivity contribution in [2.45, 2.75) is 71.9 Å². The van der Waals surface area contributed by atoms with Crippen LogP contribution in [0.4, 0.5) is 0 Å². The Kier molecular flexibility index (Phi) is 5.94. The number of likely N-dealkylation sites (N-methyl/N-ethyl adjacent to an activating group) is 1. The number of rotatable bonds is 6. The van der Waals surface area contributed by atoms with Crippen molar-refractivity contribution in [3.8, 4) is 0 Å². The molecule has 0 aromatic heterocycles. The van der Waals surface area contributed by atoms with Gasteiger partial charge in [0.1, 0.15) is 0 Å². The van der Waals surface area contributed by atoms with Gasteiger partial charge in [-0.3, -0.25) is 4.90 Å². The summed E-state index contributed by atoms with van der Waals surface area (Å²) in [7, 11) is 0. The predicted molar refractivity (Wildman–Crippen MR) is 76.4 cm³/mol. The highest BCUT2D eigenvalue weighted by atomic mass is 15.2. The smallest absolute Gasteiger partial charge is 0.0334 e. The minimum Gasteiger partial charge on any atom is -0.312 e. The third kappa shape index (κ3) is 3.45. The Morgan fingerprint density at radius 1 is 1.12 bits per heavy atom. The van der Waals surface area contributed by atoms with Gasteiger partial charge in [-0.05, 0) is 51.7 Å². The van der Waals surface area contributed by atoms with Crippen LogP contribution in [0.3, 0.4) is 0 Å². The zero-order chi connectivity index (χ0) is 12.9. The van der Waals surface area contributed by atoms with Crippen molar-refractivity contribution < 1.29 is 0 Å². The molecule has 1 N–H and O–H groups in total. The Morgan fingerprint density at radius 2 is 1.71 bits per heavy atom. The molecule has 0 spiro atoms. The van der Waals surface area contributed by atoms with Gasteiger partial charge in [-0.1, -0.05) is 34.1 Å². The molecule has 0 aliphatic carbocycles. The third-order valence-electron chi connectivity index (χ3n) is 4.55. The van der Waals surface area contributed by atoms with E-state index in [9.17, 15) is 0 Å². The lowest BCUT2D eigenvalue weighted by Crippen LogP contribution is -2.62. The van der Waals surface area contributed by atoms with Crippen LogP contribution in [0.25, 0.3) is 0 Å². The highest BCUT2D eigenvalue weighted by Gasteiger charge is 2.39. The van der Waals surface area contributed by atoms with Crippen LogP contribution < -0.4 is 5.32 Å². The molecule has 17 heavy (non-hydrogen) atoms. The summed E-state index contributed by atoms with van der Waals surface area (Å²) in [4.78, 5) is 2.74. The van der Waals surface area contributed by atoms with E-state index in [0.717, 1.165) is 6.54 Å². The van der Waals surface area contributed by atoms with Gasteiger partial charge in [-0.25, -0.2) is 0 Å². The van der Waals surface area contributed by atoms with Crippen molar-refractivity contribution in [3.05, 3.63) is 0 Å². The average Bonchev–Trinajstić information content (AvgIpc) is 2.35. The van der Waals surface area contributed by atoms with Crippen LogP contribution in [0.15, 0.2) is 0 Å². The molecule has 102 valence electrons. The Morgan fingerprint density at radius 3 is 2.12 bits per heavy atom. The van der Waals surface area contributed by atoms with E-state index >= 15 is 0 Å². The summed E-state index contributed by atoms with van der Waals surface area (Å²) in [6, 6.07) is 0.607. The lowest BCUT2D eigenvalue weighted by Gasteiger charge is -2.49. The monoisotopic (exact) mass is 240 g/mol. The van der Waals surface area contributed by atoms with Crippen LogP contribution in [0.2, 0.25) is 0 Å². The van der Waals surface area contributed by atoms with Crippen LogP contribution in [-0.2, 0) is 0 Å². The van der Waals surface area contributed by atoms with Crippen LogP contribution in [0.1, 0.15) is 60.3 Å². The zero-order valence-corrected chi connectivity index (χ0v) is 12.6. The molecule has 1 aliphatic rings. The number of hydrogen-bond acceptors (Lipinski definition) is 2. The maximum absolute atomic E-state index is 3.73. The Bertz CT molecular complexity index is 209. The van der Waals surface area contributed by atoms with Crippen LogP contribution >= 0.6 is 0 Å². The van der Waals surface area contributed by atoms with Crippen LogP contribution in [0, 0.1) is 5.92 Å². The van der Waals surface area contributed by atoms with Gasteiger partial charge >= 0.3 is 0 Å². The first kappa shape index (κ1) is 15.0. The van der Waals surface area contributed by atoms with Crippen molar-refractivity contribution in [2.75, 3.05) is 19.6 Å². The van der Waals surface area contributed by atoms with E-state index in [2.05, 4.69) is 44.8 Å². The quantitative estimate of drug-likeness (QED) is 0.766. The lowest BCUT2D eigenvalue weighted by atomic mass is 9.80. The highest BCUT2D eigenvalue weighted by Crippen LogP contribution is 2.30. The second-order valence-corrected chi connectivity index (χ2v) is 6.04. The molecular formula is C15H32N2. The molecule has 2 unspecified atom stereocenters. The number of piperidine rings is 1. The second kappa shape index (κ2) is 6.75. The van der Waals surface area contributed by atoms with Gasteiger partial charge in [-0.15, -0.1) is 0 Å². The summed E-state index contributed by atoms with van der Waals surface area (Å²) < 4.78 is 0. The molecule has 1 saturated heterocycles. The fourth-order valence-electron chi connectivity index (χ4n) is 3.44. The highest BCUT2D eigenvalue weighted by molar-refractivity contribution is 4.98. The second-order valence-electron chi connectivity index (χ2n) is 6.04. The van der Waals surface area contributed by atoms with Crippen molar-refractivity contribution in [3.63, 3.8) is 0 Å². The average molecular weight is 240 g/mol. The lowest BCUT2D eigenvalue weighted by molar-refractivity contribution is 0.0287. The zero-order valence-electron chi connectivity index (χ0n) is 12.6. The fraction of sp³-hybridized carbons (Fsp3) is 1.00. The van der Waals surface area contributed by atoms with Crippen molar-refractivity contribution in [1.82, 2.24) is 10.2 Å². The standard InChI is InChI=1S/C15H32N2/c1-6-15(5,14(13(3)4)16-7-2)17-11-9-8-10-12-17/h13-14,16H,6-12H2,1-5H3. The van der Waals surface area contributed by atoms with Crippen LogP contribution in [-0.4, -0.2) is 36.1 Å². The summed E-state index contributed by atoms with van der Waals surface area (Å²) in [5.41, 5.74) is 0.324. The Balaban J connectivity index is 2.81. The van der Waals surface area contributed by atoms with E-state index in [1.165, 1.54) is 38.8 Å². The molecule has 0 aromatic rings. The Hall–Kier alpha value is -0.0800. The topological polar surface area (TPSA) is 15.3 Å². The van der Waals surface area contributed by atoms with Gasteiger partial charge in [0, 0.05) is 11.6 Å². The van der Waals surface area contributed by atoms with Crippen molar-refractivity contribution in [1.29, 1.82) is 0 Å². The maximum atomic E-state index is 3.73. The molecule has 2 atom stereocenters. The van der Waals surface area contributed by atoms with Gasteiger partial charge in [-0.2, -0.15) is 0 Å². The Labute approximate surface area is 108 Å². The SMILES string of the molecule is CCNC(C(C)C)C(C)(CC)N1CCCCC1. The van der Waals surface area contributed by atoms with Crippen LogP contribution in [0.5, 0.6) is 0 Å². The first-order valence-electron chi connectivity index (χ1n) is 7.54. The number of hydrogen-bond donors (Lipinski definition) is 1. The van der Waals surface area contributed by atoms with Crippen molar-refractivity contribution in [2.24, 2.45) is 5.92 Å². The number of likely N-dealkylation sites (tertiary alicyclic amines) is 1. The summed E-state index contributed by atoms with van der Waals surface area (Å²) >= 11 is 0. The largest absolute Gasteiger partial charge is 0.312 e. The first-order valence-corrected chi connectivity index (χ1v) is 7.54. The maximum Gasteiger partial charge on any atom is 0.0334 e. The molecular weight excluding hydrogens is 208 g/mol. The van der Waals surface area contributed by atoms with E-state index in [-0.39, 0.29) is 0 Å². The molecule has 1 heterocycles. The van der Waals surface area contributed by atoms with E-state index in [1.807, 2.05) is 0 Å². The minimum absolute atomic E-state index is 0.324. The molecule has 0 aromatic carbocycles. The molecule has 2 nitrogen and oxygen atoms in total. The fourth-order valence-corrected chi connectivity index (χ4v) is 3.44. The molecule has 1 rings (SSSR count). The van der Waals surface area contributed by atoms with Crippen molar-refractivity contribution >= 4 is 0 Å². The van der Waals surface area contributed by atoms with E-state index in [0.29, 0.717) is 17.5 Å². The number of nitrogens with zero attached hydrogens (tertiary/aromatic N) is 1. The van der Waals surface area contributed by atoms with E-state index in [4.69, 9.17) is 0 Å². The predicted octanol–water partition coefficient (Wildman–Crippen LogP) is 3.28. The molecule has 1 fully saturated rings. The third-order valence-corrected chi connectivity index (χ3v) is 4.55. The van der Waals surface area contributed by atoms with Gasteiger partial charge in [0.15, 0.2) is 0 Å². The normalized spacial score (nSPS) is 23.6. The first-order chi connectivity index (χ1) is 8.06. The summed E-state index contributed by atoms with van der Waals surface area (Å²) in [6.45, 7) is 15.4. The van der Waals surface area contributed by atoms with E-state index < -0.39 is 0 Å². The minimum atomic E-state index is 0.324. The van der Waals surface area contributed by atoms with Gasteiger partial charge < -0.3 is 5.32 Å². The van der Waals surface area contributed by atoms with Gasteiger partial charge in [0.25, 0.3) is 0 Å². The van der Waals surface area contributed by atoms with E-state index in [1.54, 1.807) is 0 Å². The molecule has 2 heteroatoms. The molecule has 0 radical (unpaired) electrons. The summed E-state index contributed by atoms with van der Waals surface area (Å²) in [5.74, 6) is 0.696. The van der Waals surface area contributed by atoms with Gasteiger partial charge in [0.2, 0.25) is 0 Å². The molecule has 0 amide bonds. The molecule has 1 aliphatic heterocycles. The number of nitrogens with one attached hydrogen (secondary N) is 1.